The lowest BCUT2D eigenvalue weighted by Gasteiger charge is -2.60. The molecule has 0 bridgehead atoms. The first kappa shape index (κ1) is 25.1. The number of carboxylic acid groups (broad SMARTS) is 1. The molecule has 0 amide bonds. The standard InChI is InChI=1S/C30H42O4/c1-18(26(33)34)16-20(31)17-19(2)29(6)14-11-23-21-8-9-24-27(3,4)25(32)12-13-28(24,5)22(21)10-15-30(23,29)7/h8,11,16,19,22,24H,9-10,12-15,17H2,1-7H3,(H,33,34)/b18-16+/t19-,22-,24+,28-,29+,30-/m1/s1. The summed E-state index contributed by atoms with van der Waals surface area (Å²) in [6.07, 6.45) is 12.4. The van der Waals surface area contributed by atoms with E-state index in [2.05, 4.69) is 53.7 Å². The van der Waals surface area contributed by atoms with Gasteiger partial charge in [0.05, 0.1) is 0 Å². The van der Waals surface area contributed by atoms with Gasteiger partial charge in [0, 0.05) is 23.8 Å². The monoisotopic (exact) mass is 466 g/mol. The van der Waals surface area contributed by atoms with Gasteiger partial charge >= 0.3 is 5.97 Å². The molecule has 4 nitrogen and oxygen atoms in total. The SMILES string of the molecule is C/C(=C\C(=O)C[C@@H](C)[C@]1(C)CC=C2C3=CC[C@H]4C(C)(C)C(=O)CC[C@]4(C)[C@@H]3CC[C@]21C)C(=O)O. The number of carbonyl (C=O) groups excluding carboxylic acids is 2. The molecule has 0 spiro atoms. The Balaban J connectivity index is 1.61. The van der Waals surface area contributed by atoms with Crippen molar-refractivity contribution in [3.05, 3.63) is 34.9 Å². The first-order valence-electron chi connectivity index (χ1n) is 13.1. The van der Waals surface area contributed by atoms with Gasteiger partial charge < -0.3 is 5.11 Å². The van der Waals surface area contributed by atoms with Crippen molar-refractivity contribution in [2.24, 2.45) is 39.4 Å². The Kier molecular flexibility index (Phi) is 5.94. The molecule has 1 N–H and O–H groups in total. The van der Waals surface area contributed by atoms with Crippen molar-refractivity contribution < 1.29 is 19.5 Å². The first-order chi connectivity index (χ1) is 15.7. The topological polar surface area (TPSA) is 71.4 Å². The first-order valence-corrected chi connectivity index (χ1v) is 13.1. The van der Waals surface area contributed by atoms with Gasteiger partial charge in [0.2, 0.25) is 0 Å². The van der Waals surface area contributed by atoms with Gasteiger partial charge in [-0.1, -0.05) is 53.7 Å². The number of allylic oxidation sites excluding steroid dienone is 5. The fraction of sp³-hybridized carbons (Fsp3) is 0.700. The van der Waals surface area contributed by atoms with Gasteiger partial charge in [-0.2, -0.15) is 0 Å². The van der Waals surface area contributed by atoms with Crippen LogP contribution in [0.4, 0.5) is 0 Å². The lowest BCUT2D eigenvalue weighted by molar-refractivity contribution is -0.144. The van der Waals surface area contributed by atoms with Crippen LogP contribution >= 0.6 is 0 Å². The van der Waals surface area contributed by atoms with E-state index in [0.29, 0.717) is 30.5 Å². The number of aliphatic carboxylic acids is 1. The Hall–Kier alpha value is -1.97. The third kappa shape index (κ3) is 3.42. The van der Waals surface area contributed by atoms with Gasteiger partial charge in [0.25, 0.3) is 0 Å². The fourth-order valence-electron chi connectivity index (χ4n) is 8.40. The number of hydrogen-bond acceptors (Lipinski definition) is 3. The van der Waals surface area contributed by atoms with E-state index in [0.717, 1.165) is 32.1 Å². The number of carboxylic acids is 1. The number of rotatable bonds is 5. The summed E-state index contributed by atoms with van der Waals surface area (Å²) in [5, 5.41) is 9.13. The van der Waals surface area contributed by atoms with Crippen LogP contribution in [0.3, 0.4) is 0 Å². The predicted molar refractivity (Wildman–Crippen MR) is 134 cm³/mol. The smallest absolute Gasteiger partial charge is 0.331 e. The highest BCUT2D eigenvalue weighted by Crippen LogP contribution is 2.70. The summed E-state index contributed by atoms with van der Waals surface area (Å²) in [4.78, 5) is 36.6. The Morgan fingerprint density at radius 1 is 1.15 bits per heavy atom. The van der Waals surface area contributed by atoms with Crippen LogP contribution in [0.2, 0.25) is 0 Å². The van der Waals surface area contributed by atoms with Crippen LogP contribution in [0, 0.1) is 39.4 Å². The van der Waals surface area contributed by atoms with Crippen molar-refractivity contribution in [2.45, 2.75) is 93.4 Å². The summed E-state index contributed by atoms with van der Waals surface area (Å²) in [5.74, 6) is 0.330. The van der Waals surface area contributed by atoms with Crippen LogP contribution in [-0.4, -0.2) is 22.6 Å². The van der Waals surface area contributed by atoms with Crippen molar-refractivity contribution in [1.29, 1.82) is 0 Å². The summed E-state index contributed by atoms with van der Waals surface area (Å²) in [5.41, 5.74) is 2.95. The third-order valence-corrected chi connectivity index (χ3v) is 11.2. The van der Waals surface area contributed by atoms with E-state index < -0.39 is 5.97 Å². The second kappa shape index (κ2) is 8.03. The fourth-order valence-corrected chi connectivity index (χ4v) is 8.40. The van der Waals surface area contributed by atoms with E-state index in [1.165, 1.54) is 24.1 Å². The van der Waals surface area contributed by atoms with Crippen LogP contribution in [0.25, 0.3) is 0 Å². The predicted octanol–water partition coefficient (Wildman–Crippen LogP) is 6.71. The van der Waals surface area contributed by atoms with E-state index in [1.807, 2.05) is 0 Å². The van der Waals surface area contributed by atoms with E-state index in [9.17, 15) is 14.4 Å². The molecule has 2 fully saturated rings. The van der Waals surface area contributed by atoms with E-state index in [4.69, 9.17) is 5.11 Å². The van der Waals surface area contributed by atoms with Gasteiger partial charge in [-0.05, 0) is 90.2 Å². The maximum absolute atomic E-state index is 12.8. The van der Waals surface area contributed by atoms with Gasteiger partial charge in [-0.15, -0.1) is 0 Å². The Labute approximate surface area is 205 Å². The lowest BCUT2D eigenvalue weighted by atomic mass is 9.43. The zero-order valence-corrected chi connectivity index (χ0v) is 22.1. The molecule has 0 heterocycles. The second-order valence-electron chi connectivity index (χ2n) is 13.0. The number of carbonyl (C=O) groups is 3. The maximum Gasteiger partial charge on any atom is 0.331 e. The molecular formula is C30H42O4. The molecule has 0 aromatic carbocycles. The highest BCUT2D eigenvalue weighted by molar-refractivity contribution is 5.98. The molecule has 2 saturated carbocycles. The molecule has 0 radical (unpaired) electrons. The molecule has 4 heteroatoms. The van der Waals surface area contributed by atoms with Gasteiger partial charge in [0.1, 0.15) is 5.78 Å². The van der Waals surface area contributed by atoms with Crippen molar-refractivity contribution in [3.8, 4) is 0 Å². The number of Topliss-reactive ketones (excluding diaryl/α,β-unsaturated/α-hetero) is 1. The molecule has 0 saturated heterocycles. The van der Waals surface area contributed by atoms with Gasteiger partial charge in [-0.3, -0.25) is 9.59 Å². The number of fused-ring (bicyclic) bond motifs is 5. The maximum atomic E-state index is 12.8. The molecule has 0 unspecified atom stereocenters. The lowest BCUT2D eigenvalue weighted by Crippen LogP contribution is -2.55. The molecule has 0 aromatic heterocycles. The minimum Gasteiger partial charge on any atom is -0.478 e. The average Bonchev–Trinajstić information content (AvgIpc) is 3.03. The normalized spacial score (nSPS) is 39.9. The molecule has 6 atom stereocenters. The molecule has 186 valence electrons. The molecule has 4 aliphatic rings. The molecular weight excluding hydrogens is 424 g/mol. The highest BCUT2D eigenvalue weighted by atomic mass is 16.4. The zero-order valence-electron chi connectivity index (χ0n) is 22.1. The molecule has 34 heavy (non-hydrogen) atoms. The molecule has 4 aliphatic carbocycles. The van der Waals surface area contributed by atoms with Crippen molar-refractivity contribution in [2.75, 3.05) is 0 Å². The van der Waals surface area contributed by atoms with Gasteiger partial charge in [-0.25, -0.2) is 4.79 Å². The minimum absolute atomic E-state index is 0.00376. The molecule has 0 aliphatic heterocycles. The van der Waals surface area contributed by atoms with E-state index in [-0.39, 0.29) is 38.9 Å². The highest BCUT2D eigenvalue weighted by Gasteiger charge is 2.61. The van der Waals surface area contributed by atoms with E-state index in [1.54, 1.807) is 0 Å². The second-order valence-corrected chi connectivity index (χ2v) is 13.0. The Bertz CT molecular complexity index is 1030. The summed E-state index contributed by atoms with van der Waals surface area (Å²) in [7, 11) is 0. The number of ketones is 2. The largest absolute Gasteiger partial charge is 0.478 e. The summed E-state index contributed by atoms with van der Waals surface area (Å²) in [6, 6.07) is 0. The number of hydrogen-bond donors (Lipinski definition) is 1. The van der Waals surface area contributed by atoms with Crippen LogP contribution in [0.5, 0.6) is 0 Å². The third-order valence-electron chi connectivity index (χ3n) is 11.2. The van der Waals surface area contributed by atoms with Crippen molar-refractivity contribution in [1.82, 2.24) is 0 Å². The summed E-state index contributed by atoms with van der Waals surface area (Å²) < 4.78 is 0. The van der Waals surface area contributed by atoms with Crippen LogP contribution in [0.15, 0.2) is 34.9 Å². The van der Waals surface area contributed by atoms with E-state index >= 15 is 0 Å². The van der Waals surface area contributed by atoms with Gasteiger partial charge in [0.15, 0.2) is 5.78 Å². The Morgan fingerprint density at radius 3 is 2.47 bits per heavy atom. The van der Waals surface area contributed by atoms with Crippen molar-refractivity contribution in [3.63, 3.8) is 0 Å². The summed E-state index contributed by atoms with van der Waals surface area (Å²) >= 11 is 0. The van der Waals surface area contributed by atoms with Crippen molar-refractivity contribution >= 4 is 17.5 Å². The van der Waals surface area contributed by atoms with Crippen LogP contribution in [0.1, 0.15) is 93.4 Å². The van der Waals surface area contributed by atoms with Crippen LogP contribution < -0.4 is 0 Å². The average molecular weight is 467 g/mol. The summed E-state index contributed by atoms with van der Waals surface area (Å²) in [6.45, 7) is 15.1. The molecule has 0 aromatic rings. The molecule has 4 rings (SSSR count). The zero-order chi connectivity index (χ0) is 25.3. The minimum atomic E-state index is -1.04. The Morgan fingerprint density at radius 2 is 1.82 bits per heavy atom. The van der Waals surface area contributed by atoms with Crippen LogP contribution in [-0.2, 0) is 14.4 Å². The quantitative estimate of drug-likeness (QED) is 0.457.